The molecule has 1 aliphatic rings. The van der Waals surface area contributed by atoms with E-state index in [4.69, 9.17) is 4.74 Å². The lowest BCUT2D eigenvalue weighted by Crippen LogP contribution is -2.43. The summed E-state index contributed by atoms with van der Waals surface area (Å²) in [5, 5.41) is 3.00. The van der Waals surface area contributed by atoms with Gasteiger partial charge >= 0.3 is 0 Å². The van der Waals surface area contributed by atoms with E-state index >= 15 is 0 Å². The quantitative estimate of drug-likeness (QED) is 0.772. The Balaban J connectivity index is 1.88. The molecule has 2 amide bonds. The molecule has 1 N–H and O–H groups in total. The minimum Gasteiger partial charge on any atom is -0.497 e. The standard InChI is InChI=1S/C20H31N3O3/c1-14(2)22(15(3)4)11-10-21-20(25)16-12-19(24)23(13-16)17-6-8-18(26-5)9-7-17/h6-9,14-16H,10-13H2,1-5H3,(H,21,25). The minimum atomic E-state index is -0.295. The Labute approximate surface area is 156 Å². The van der Waals surface area contributed by atoms with Crippen molar-refractivity contribution in [1.29, 1.82) is 0 Å². The molecule has 1 fully saturated rings. The highest BCUT2D eigenvalue weighted by atomic mass is 16.5. The van der Waals surface area contributed by atoms with E-state index in [1.54, 1.807) is 12.0 Å². The Morgan fingerprint density at radius 3 is 2.38 bits per heavy atom. The van der Waals surface area contributed by atoms with Gasteiger partial charge in [0.25, 0.3) is 0 Å². The van der Waals surface area contributed by atoms with Crippen LogP contribution in [0.15, 0.2) is 24.3 Å². The molecule has 2 rings (SSSR count). The highest BCUT2D eigenvalue weighted by Gasteiger charge is 2.35. The highest BCUT2D eigenvalue weighted by Crippen LogP contribution is 2.26. The molecule has 0 saturated carbocycles. The molecule has 1 aliphatic heterocycles. The van der Waals surface area contributed by atoms with Crippen LogP contribution in [0.25, 0.3) is 0 Å². The van der Waals surface area contributed by atoms with Crippen LogP contribution >= 0.6 is 0 Å². The van der Waals surface area contributed by atoms with Gasteiger partial charge in [-0.25, -0.2) is 0 Å². The van der Waals surface area contributed by atoms with Crippen molar-refractivity contribution in [3.8, 4) is 5.75 Å². The number of nitrogens with one attached hydrogen (secondary N) is 1. The zero-order valence-electron chi connectivity index (χ0n) is 16.5. The van der Waals surface area contributed by atoms with Gasteiger partial charge in [0.1, 0.15) is 5.75 Å². The summed E-state index contributed by atoms with van der Waals surface area (Å²) in [6.07, 6.45) is 0.260. The van der Waals surface area contributed by atoms with Crippen LogP contribution in [0.2, 0.25) is 0 Å². The lowest BCUT2D eigenvalue weighted by Gasteiger charge is -2.30. The third-order valence-electron chi connectivity index (χ3n) is 4.88. The van der Waals surface area contributed by atoms with Crippen molar-refractivity contribution in [3.05, 3.63) is 24.3 Å². The second-order valence-corrected chi connectivity index (χ2v) is 7.32. The van der Waals surface area contributed by atoms with E-state index in [-0.39, 0.29) is 24.2 Å². The number of rotatable bonds is 8. The van der Waals surface area contributed by atoms with E-state index in [0.29, 0.717) is 25.2 Å². The molecule has 6 nitrogen and oxygen atoms in total. The van der Waals surface area contributed by atoms with Gasteiger partial charge in [-0.3, -0.25) is 14.5 Å². The Kier molecular flexibility index (Phi) is 7.03. The largest absolute Gasteiger partial charge is 0.497 e. The molecule has 26 heavy (non-hydrogen) atoms. The van der Waals surface area contributed by atoms with Crippen LogP contribution in [-0.4, -0.2) is 55.5 Å². The van der Waals surface area contributed by atoms with Gasteiger partial charge in [0, 0.05) is 43.8 Å². The molecule has 1 heterocycles. The van der Waals surface area contributed by atoms with Crippen LogP contribution in [0.3, 0.4) is 0 Å². The number of methoxy groups -OCH3 is 1. The zero-order valence-corrected chi connectivity index (χ0v) is 16.5. The molecular formula is C20H31N3O3. The van der Waals surface area contributed by atoms with Crippen molar-refractivity contribution in [1.82, 2.24) is 10.2 Å². The number of amides is 2. The predicted molar refractivity (Wildman–Crippen MR) is 103 cm³/mol. The Morgan fingerprint density at radius 1 is 1.23 bits per heavy atom. The SMILES string of the molecule is COc1ccc(N2CC(C(=O)NCCN(C(C)C)C(C)C)CC2=O)cc1. The number of hydrogen-bond acceptors (Lipinski definition) is 4. The number of ether oxygens (including phenoxy) is 1. The Hall–Kier alpha value is -2.08. The van der Waals surface area contributed by atoms with Crippen LogP contribution in [0, 0.1) is 5.92 Å². The zero-order chi connectivity index (χ0) is 19.3. The van der Waals surface area contributed by atoms with Crippen LogP contribution < -0.4 is 15.0 Å². The van der Waals surface area contributed by atoms with E-state index in [2.05, 4.69) is 37.9 Å². The van der Waals surface area contributed by atoms with Crippen LogP contribution in [0.5, 0.6) is 5.75 Å². The van der Waals surface area contributed by atoms with E-state index in [9.17, 15) is 9.59 Å². The Bertz CT molecular complexity index is 605. The van der Waals surface area contributed by atoms with Gasteiger partial charge in [0.2, 0.25) is 11.8 Å². The first-order chi connectivity index (χ1) is 12.3. The summed E-state index contributed by atoms with van der Waals surface area (Å²) in [6, 6.07) is 8.21. The third-order valence-corrected chi connectivity index (χ3v) is 4.88. The molecule has 1 saturated heterocycles. The van der Waals surface area contributed by atoms with Gasteiger partial charge in [-0.05, 0) is 52.0 Å². The van der Waals surface area contributed by atoms with Crippen molar-refractivity contribution in [2.75, 3.05) is 31.6 Å². The first kappa shape index (κ1) is 20.2. The fourth-order valence-corrected chi connectivity index (χ4v) is 3.46. The van der Waals surface area contributed by atoms with Gasteiger partial charge in [-0.2, -0.15) is 0 Å². The molecule has 0 aromatic heterocycles. The molecular weight excluding hydrogens is 330 g/mol. The normalized spacial score (nSPS) is 17.5. The van der Waals surface area contributed by atoms with Gasteiger partial charge in [-0.15, -0.1) is 0 Å². The maximum absolute atomic E-state index is 12.5. The van der Waals surface area contributed by atoms with Crippen molar-refractivity contribution < 1.29 is 14.3 Å². The van der Waals surface area contributed by atoms with Crippen LogP contribution in [-0.2, 0) is 9.59 Å². The predicted octanol–water partition coefficient (Wildman–Crippen LogP) is 2.28. The molecule has 0 bridgehead atoms. The average molecular weight is 361 g/mol. The highest BCUT2D eigenvalue weighted by molar-refractivity contribution is 6.00. The summed E-state index contributed by atoms with van der Waals surface area (Å²) in [6.45, 7) is 10.5. The first-order valence-corrected chi connectivity index (χ1v) is 9.31. The molecule has 1 atom stereocenters. The second-order valence-electron chi connectivity index (χ2n) is 7.32. The van der Waals surface area contributed by atoms with Gasteiger partial charge in [0.15, 0.2) is 0 Å². The number of carbonyl (C=O) groups excluding carboxylic acids is 2. The lowest BCUT2D eigenvalue weighted by atomic mass is 10.1. The minimum absolute atomic E-state index is 0.0127. The van der Waals surface area contributed by atoms with Gasteiger partial charge in [0.05, 0.1) is 13.0 Å². The summed E-state index contributed by atoms with van der Waals surface area (Å²) < 4.78 is 5.14. The molecule has 0 spiro atoms. The van der Waals surface area contributed by atoms with Gasteiger partial charge < -0.3 is 15.0 Å². The number of anilines is 1. The molecule has 0 radical (unpaired) electrons. The average Bonchev–Trinajstić information content (AvgIpc) is 2.99. The molecule has 144 valence electrons. The monoisotopic (exact) mass is 361 g/mol. The van der Waals surface area contributed by atoms with Crippen molar-refractivity contribution in [2.45, 2.75) is 46.2 Å². The smallest absolute Gasteiger partial charge is 0.227 e. The summed E-state index contributed by atoms with van der Waals surface area (Å²) in [7, 11) is 1.61. The fourth-order valence-electron chi connectivity index (χ4n) is 3.46. The number of carbonyl (C=O) groups is 2. The molecule has 1 unspecified atom stereocenters. The van der Waals surface area contributed by atoms with Crippen LogP contribution in [0.1, 0.15) is 34.1 Å². The van der Waals surface area contributed by atoms with Gasteiger partial charge in [-0.1, -0.05) is 0 Å². The summed E-state index contributed by atoms with van der Waals surface area (Å²) >= 11 is 0. The maximum atomic E-state index is 12.5. The number of nitrogens with zero attached hydrogens (tertiary/aromatic N) is 2. The van der Waals surface area contributed by atoms with E-state index in [1.807, 2.05) is 24.3 Å². The summed E-state index contributed by atoms with van der Waals surface area (Å²) in [4.78, 5) is 28.8. The van der Waals surface area contributed by atoms with Crippen molar-refractivity contribution >= 4 is 17.5 Å². The number of hydrogen-bond donors (Lipinski definition) is 1. The molecule has 1 aromatic carbocycles. The van der Waals surface area contributed by atoms with E-state index < -0.39 is 0 Å². The van der Waals surface area contributed by atoms with Crippen molar-refractivity contribution in [3.63, 3.8) is 0 Å². The molecule has 0 aliphatic carbocycles. The second kappa shape index (κ2) is 9.03. The first-order valence-electron chi connectivity index (χ1n) is 9.31. The summed E-state index contributed by atoms with van der Waals surface area (Å²) in [5.41, 5.74) is 0.803. The van der Waals surface area contributed by atoms with Crippen LogP contribution in [0.4, 0.5) is 5.69 Å². The number of benzene rings is 1. The Morgan fingerprint density at radius 2 is 1.85 bits per heavy atom. The fraction of sp³-hybridized carbons (Fsp3) is 0.600. The maximum Gasteiger partial charge on any atom is 0.227 e. The van der Waals surface area contributed by atoms with E-state index in [1.165, 1.54) is 0 Å². The molecule has 1 aromatic rings. The van der Waals surface area contributed by atoms with Crippen molar-refractivity contribution in [2.24, 2.45) is 5.92 Å². The third kappa shape index (κ3) is 4.97. The van der Waals surface area contributed by atoms with E-state index in [0.717, 1.165) is 18.0 Å². The topological polar surface area (TPSA) is 61.9 Å². The lowest BCUT2D eigenvalue weighted by molar-refractivity contribution is -0.126. The molecule has 6 heteroatoms. The summed E-state index contributed by atoms with van der Waals surface area (Å²) in [5.74, 6) is 0.397.